The lowest BCUT2D eigenvalue weighted by molar-refractivity contribution is -0.138. The van der Waals surface area contributed by atoms with E-state index in [1.165, 1.54) is 0 Å². The number of nitrogens with zero attached hydrogens (tertiary/aromatic N) is 1. The summed E-state index contributed by atoms with van der Waals surface area (Å²) in [5, 5.41) is 8.76. The van der Waals surface area contributed by atoms with Gasteiger partial charge in [0, 0.05) is 12.6 Å². The third-order valence-corrected chi connectivity index (χ3v) is 4.41. The fraction of sp³-hybridized carbons (Fsp3) is 0.818. The van der Waals surface area contributed by atoms with Crippen molar-refractivity contribution < 1.29 is 14.7 Å². The van der Waals surface area contributed by atoms with Crippen LogP contribution in [-0.2, 0) is 9.59 Å². The zero-order valence-corrected chi connectivity index (χ0v) is 10.0. The Morgan fingerprint density at radius 1 is 1.31 bits per heavy atom. The topological polar surface area (TPSA) is 57.6 Å². The quantitative estimate of drug-likeness (QED) is 0.792. The molecule has 4 nitrogen and oxygen atoms in total. The largest absolute Gasteiger partial charge is 0.481 e. The van der Waals surface area contributed by atoms with E-state index in [0.717, 1.165) is 31.4 Å². The van der Waals surface area contributed by atoms with E-state index in [-0.39, 0.29) is 17.6 Å². The van der Waals surface area contributed by atoms with Crippen molar-refractivity contribution in [3.05, 3.63) is 0 Å². The summed E-state index contributed by atoms with van der Waals surface area (Å²) in [5.41, 5.74) is 0. The summed E-state index contributed by atoms with van der Waals surface area (Å²) in [7, 11) is 0. The molecule has 1 amide bonds. The van der Waals surface area contributed by atoms with Gasteiger partial charge in [0.15, 0.2) is 0 Å². The number of aliphatic carboxylic acids is 1. The maximum absolute atomic E-state index is 12.2. The fourth-order valence-electron chi connectivity index (χ4n) is 2.03. The average molecular weight is 243 g/mol. The first-order chi connectivity index (χ1) is 7.68. The second-order valence-corrected chi connectivity index (χ2v) is 5.72. The molecule has 2 aliphatic rings. The first kappa shape index (κ1) is 11.8. The van der Waals surface area contributed by atoms with Crippen molar-refractivity contribution >= 4 is 23.6 Å². The molecule has 1 atom stereocenters. The van der Waals surface area contributed by atoms with E-state index in [4.69, 9.17) is 5.11 Å². The Balaban J connectivity index is 1.89. The van der Waals surface area contributed by atoms with Gasteiger partial charge < -0.3 is 10.0 Å². The van der Waals surface area contributed by atoms with Crippen LogP contribution in [0.1, 0.15) is 32.1 Å². The molecule has 1 aliphatic heterocycles. The molecule has 1 heterocycles. The summed E-state index contributed by atoms with van der Waals surface area (Å²) in [5.74, 6) is 0.414. The highest BCUT2D eigenvalue weighted by molar-refractivity contribution is 8.00. The van der Waals surface area contributed by atoms with Crippen LogP contribution >= 0.6 is 11.8 Å². The highest BCUT2D eigenvalue weighted by Crippen LogP contribution is 2.33. The second-order valence-electron chi connectivity index (χ2n) is 4.41. The van der Waals surface area contributed by atoms with Crippen LogP contribution in [0, 0.1) is 0 Å². The Hall–Kier alpha value is -0.710. The van der Waals surface area contributed by atoms with Crippen LogP contribution in [0.25, 0.3) is 0 Å². The Labute approximate surface area is 99.4 Å². The Morgan fingerprint density at radius 2 is 2.06 bits per heavy atom. The second kappa shape index (κ2) is 5.08. The highest BCUT2D eigenvalue weighted by Gasteiger charge is 2.36. The van der Waals surface area contributed by atoms with Crippen LogP contribution < -0.4 is 0 Å². The number of carbonyl (C=O) groups is 2. The van der Waals surface area contributed by atoms with Crippen molar-refractivity contribution in [3.8, 4) is 0 Å². The zero-order chi connectivity index (χ0) is 11.5. The van der Waals surface area contributed by atoms with Crippen LogP contribution in [0.4, 0.5) is 0 Å². The SMILES string of the molecule is O=C(O)CCN(C(=O)C1CCCS1)C1CC1. The van der Waals surface area contributed by atoms with E-state index in [1.54, 1.807) is 16.7 Å². The monoisotopic (exact) mass is 243 g/mol. The molecule has 2 rings (SSSR count). The summed E-state index contributed by atoms with van der Waals surface area (Å²) >= 11 is 1.72. The predicted octanol–water partition coefficient (Wildman–Crippen LogP) is 1.35. The molecule has 0 aromatic heterocycles. The molecule has 0 spiro atoms. The summed E-state index contributed by atoms with van der Waals surface area (Å²) in [4.78, 5) is 24.5. The van der Waals surface area contributed by atoms with E-state index in [2.05, 4.69) is 0 Å². The van der Waals surface area contributed by atoms with E-state index in [1.807, 2.05) is 0 Å². The van der Waals surface area contributed by atoms with Gasteiger partial charge in [0.05, 0.1) is 11.7 Å². The van der Waals surface area contributed by atoms with Gasteiger partial charge in [-0.15, -0.1) is 11.8 Å². The summed E-state index contributed by atoms with van der Waals surface area (Å²) in [6.45, 7) is 0.385. The van der Waals surface area contributed by atoms with Gasteiger partial charge in [0.2, 0.25) is 5.91 Å². The number of carbonyl (C=O) groups excluding carboxylic acids is 1. The number of rotatable bonds is 5. The Bertz CT molecular complexity index is 285. The molecule has 1 saturated carbocycles. The zero-order valence-electron chi connectivity index (χ0n) is 9.22. The highest BCUT2D eigenvalue weighted by atomic mass is 32.2. The van der Waals surface area contributed by atoms with Gasteiger partial charge in [-0.3, -0.25) is 9.59 Å². The van der Waals surface area contributed by atoms with Crippen molar-refractivity contribution in [2.45, 2.75) is 43.4 Å². The standard InChI is InChI=1S/C11H17NO3S/c13-10(14)5-6-12(8-3-4-8)11(15)9-2-1-7-16-9/h8-9H,1-7H2,(H,13,14). The summed E-state index contributed by atoms with van der Waals surface area (Å²) in [6.07, 6.45) is 4.23. The number of hydrogen-bond acceptors (Lipinski definition) is 3. The average Bonchev–Trinajstić information content (AvgIpc) is 2.93. The van der Waals surface area contributed by atoms with E-state index < -0.39 is 5.97 Å². The minimum absolute atomic E-state index is 0.0691. The molecule has 0 aromatic carbocycles. The first-order valence-electron chi connectivity index (χ1n) is 5.82. The first-order valence-corrected chi connectivity index (χ1v) is 6.87. The lowest BCUT2D eigenvalue weighted by Crippen LogP contribution is -2.39. The van der Waals surface area contributed by atoms with Crippen molar-refractivity contribution in [2.24, 2.45) is 0 Å². The predicted molar refractivity (Wildman–Crippen MR) is 62.5 cm³/mol. The maximum atomic E-state index is 12.2. The number of amides is 1. The van der Waals surface area contributed by atoms with Gasteiger partial charge in [0.25, 0.3) is 0 Å². The van der Waals surface area contributed by atoms with E-state index >= 15 is 0 Å². The molecule has 1 unspecified atom stereocenters. The lowest BCUT2D eigenvalue weighted by atomic mass is 10.2. The van der Waals surface area contributed by atoms with Crippen molar-refractivity contribution in [3.63, 3.8) is 0 Å². The molecule has 0 aromatic rings. The molecule has 16 heavy (non-hydrogen) atoms. The third-order valence-electron chi connectivity index (χ3n) is 3.04. The van der Waals surface area contributed by atoms with Crippen LogP contribution in [0.2, 0.25) is 0 Å². The smallest absolute Gasteiger partial charge is 0.305 e. The van der Waals surface area contributed by atoms with Crippen LogP contribution in [0.15, 0.2) is 0 Å². The van der Waals surface area contributed by atoms with Gasteiger partial charge in [0.1, 0.15) is 0 Å². The van der Waals surface area contributed by atoms with Crippen LogP contribution in [0.3, 0.4) is 0 Å². The van der Waals surface area contributed by atoms with Gasteiger partial charge >= 0.3 is 5.97 Å². The summed E-state index contributed by atoms with van der Waals surface area (Å²) in [6, 6.07) is 0.327. The molecule has 0 bridgehead atoms. The van der Waals surface area contributed by atoms with Gasteiger partial charge in [-0.25, -0.2) is 0 Å². The van der Waals surface area contributed by atoms with E-state index in [0.29, 0.717) is 12.6 Å². The Kier molecular flexibility index (Phi) is 3.74. The molecule has 1 N–H and O–H groups in total. The molecule has 5 heteroatoms. The molecule has 0 radical (unpaired) electrons. The van der Waals surface area contributed by atoms with E-state index in [9.17, 15) is 9.59 Å². The van der Waals surface area contributed by atoms with Gasteiger partial charge in [-0.1, -0.05) is 0 Å². The van der Waals surface area contributed by atoms with Crippen LogP contribution in [0.5, 0.6) is 0 Å². The molecule has 1 saturated heterocycles. The maximum Gasteiger partial charge on any atom is 0.305 e. The number of hydrogen-bond donors (Lipinski definition) is 1. The summed E-state index contributed by atoms with van der Waals surface area (Å²) < 4.78 is 0. The van der Waals surface area contributed by atoms with Crippen molar-refractivity contribution in [1.29, 1.82) is 0 Å². The number of carboxylic acid groups (broad SMARTS) is 1. The minimum atomic E-state index is -0.822. The lowest BCUT2D eigenvalue weighted by Gasteiger charge is -2.24. The van der Waals surface area contributed by atoms with Crippen molar-refractivity contribution in [1.82, 2.24) is 4.90 Å². The van der Waals surface area contributed by atoms with Gasteiger partial charge in [-0.05, 0) is 31.4 Å². The van der Waals surface area contributed by atoms with Crippen LogP contribution in [-0.4, -0.2) is 45.5 Å². The number of thioether (sulfide) groups is 1. The molecule has 1 aliphatic carbocycles. The molecule has 90 valence electrons. The van der Waals surface area contributed by atoms with Gasteiger partial charge in [-0.2, -0.15) is 0 Å². The normalized spacial score (nSPS) is 24.4. The Morgan fingerprint density at radius 3 is 2.56 bits per heavy atom. The molecular formula is C11H17NO3S. The number of carboxylic acids is 1. The molecule has 2 fully saturated rings. The minimum Gasteiger partial charge on any atom is -0.481 e. The molecular weight excluding hydrogens is 226 g/mol. The third kappa shape index (κ3) is 2.90. The fourth-order valence-corrected chi connectivity index (χ4v) is 3.26. The van der Waals surface area contributed by atoms with Crippen molar-refractivity contribution in [2.75, 3.05) is 12.3 Å².